The Labute approximate surface area is 108 Å². The van der Waals surface area contributed by atoms with Crippen molar-refractivity contribution < 1.29 is 14.3 Å². The lowest BCUT2D eigenvalue weighted by molar-refractivity contribution is 0.0694. The van der Waals surface area contributed by atoms with Crippen LogP contribution in [0.4, 0.5) is 4.39 Å². The Morgan fingerprint density at radius 1 is 1.26 bits per heavy atom. The number of hydrogen-bond donors (Lipinski definition) is 1. The molecule has 4 nitrogen and oxygen atoms in total. The molecule has 0 unspecified atom stereocenters. The van der Waals surface area contributed by atoms with Crippen LogP contribution in [0.5, 0.6) is 0 Å². The number of aromatic carboxylic acids is 1. The van der Waals surface area contributed by atoms with Crippen LogP contribution in [0.3, 0.4) is 0 Å². The highest BCUT2D eigenvalue weighted by Crippen LogP contribution is 2.06. The second-order valence-corrected chi connectivity index (χ2v) is 4.29. The van der Waals surface area contributed by atoms with Crippen LogP contribution in [0.2, 0.25) is 0 Å². The van der Waals surface area contributed by atoms with Gasteiger partial charge in [0.15, 0.2) is 5.43 Å². The van der Waals surface area contributed by atoms with Gasteiger partial charge in [-0.05, 0) is 24.6 Å². The Morgan fingerprint density at radius 2 is 1.89 bits per heavy atom. The van der Waals surface area contributed by atoms with Crippen LogP contribution >= 0.6 is 0 Å². The van der Waals surface area contributed by atoms with E-state index in [1.807, 2.05) is 0 Å². The molecule has 1 aromatic heterocycles. The first kappa shape index (κ1) is 13.0. The zero-order chi connectivity index (χ0) is 14.0. The smallest absolute Gasteiger partial charge is 0.341 e. The number of pyridine rings is 1. The van der Waals surface area contributed by atoms with E-state index in [1.165, 1.54) is 18.3 Å². The molecule has 1 heterocycles. The monoisotopic (exact) mass is 261 g/mol. The van der Waals surface area contributed by atoms with E-state index in [1.54, 1.807) is 29.8 Å². The van der Waals surface area contributed by atoms with E-state index < -0.39 is 11.4 Å². The van der Waals surface area contributed by atoms with Gasteiger partial charge in [0.25, 0.3) is 0 Å². The number of aryl methyl sites for hydroxylation is 1. The predicted molar refractivity (Wildman–Crippen MR) is 67.9 cm³/mol. The molecule has 1 aromatic carbocycles. The summed E-state index contributed by atoms with van der Waals surface area (Å²) in [7, 11) is 0. The van der Waals surface area contributed by atoms with Crippen LogP contribution in [0.15, 0.2) is 41.5 Å². The zero-order valence-corrected chi connectivity index (χ0v) is 10.3. The first-order chi connectivity index (χ1) is 8.97. The van der Waals surface area contributed by atoms with Crippen LogP contribution < -0.4 is 5.43 Å². The van der Waals surface area contributed by atoms with Gasteiger partial charge in [0.05, 0.1) is 0 Å². The summed E-state index contributed by atoms with van der Waals surface area (Å²) in [6.45, 7) is 1.94. The Balaban J connectivity index is 2.38. The van der Waals surface area contributed by atoms with Crippen molar-refractivity contribution in [1.82, 2.24) is 4.57 Å². The molecule has 1 N–H and O–H groups in total. The van der Waals surface area contributed by atoms with E-state index in [2.05, 4.69) is 0 Å². The third kappa shape index (κ3) is 2.88. The summed E-state index contributed by atoms with van der Waals surface area (Å²) in [4.78, 5) is 22.6. The molecule has 0 bridgehead atoms. The van der Waals surface area contributed by atoms with E-state index in [4.69, 9.17) is 5.11 Å². The predicted octanol–water partition coefficient (Wildman–Crippen LogP) is 2.04. The molecule has 0 saturated carbocycles. The molecule has 0 aliphatic rings. The topological polar surface area (TPSA) is 59.3 Å². The first-order valence-electron chi connectivity index (χ1n) is 5.66. The maximum atomic E-state index is 12.8. The largest absolute Gasteiger partial charge is 0.477 e. The lowest BCUT2D eigenvalue weighted by Gasteiger charge is -2.09. The molecule has 19 heavy (non-hydrogen) atoms. The summed E-state index contributed by atoms with van der Waals surface area (Å²) in [5.74, 6) is -1.58. The second kappa shape index (κ2) is 5.06. The fourth-order valence-corrected chi connectivity index (χ4v) is 1.83. The van der Waals surface area contributed by atoms with Crippen molar-refractivity contribution in [2.75, 3.05) is 0 Å². The van der Waals surface area contributed by atoms with E-state index >= 15 is 0 Å². The third-order valence-electron chi connectivity index (χ3n) is 2.77. The van der Waals surface area contributed by atoms with Gasteiger partial charge in [0.2, 0.25) is 0 Å². The van der Waals surface area contributed by atoms with Crippen molar-refractivity contribution in [1.29, 1.82) is 0 Å². The number of hydrogen-bond acceptors (Lipinski definition) is 2. The fourth-order valence-electron chi connectivity index (χ4n) is 1.83. The fraction of sp³-hybridized carbons (Fsp3) is 0.143. The average Bonchev–Trinajstić information content (AvgIpc) is 2.36. The van der Waals surface area contributed by atoms with Crippen molar-refractivity contribution in [3.63, 3.8) is 0 Å². The molecule has 98 valence electrons. The van der Waals surface area contributed by atoms with Gasteiger partial charge in [-0.15, -0.1) is 0 Å². The lowest BCUT2D eigenvalue weighted by Crippen LogP contribution is -2.20. The number of benzene rings is 1. The minimum absolute atomic E-state index is 0.262. The van der Waals surface area contributed by atoms with E-state index in [0.717, 1.165) is 5.56 Å². The van der Waals surface area contributed by atoms with Gasteiger partial charge in [0, 0.05) is 24.5 Å². The maximum absolute atomic E-state index is 12.8. The van der Waals surface area contributed by atoms with Crippen molar-refractivity contribution in [3.05, 3.63) is 69.4 Å². The van der Waals surface area contributed by atoms with Gasteiger partial charge in [0.1, 0.15) is 11.4 Å². The summed E-state index contributed by atoms with van der Waals surface area (Å²) in [5, 5.41) is 8.95. The van der Waals surface area contributed by atoms with Crippen LogP contribution in [0.25, 0.3) is 0 Å². The number of nitrogens with zero attached hydrogens (tertiary/aromatic N) is 1. The Morgan fingerprint density at radius 3 is 2.47 bits per heavy atom. The normalized spacial score (nSPS) is 10.4. The Hall–Kier alpha value is -2.43. The van der Waals surface area contributed by atoms with E-state index in [9.17, 15) is 14.0 Å². The van der Waals surface area contributed by atoms with Crippen LogP contribution in [0, 0.1) is 12.7 Å². The Bertz CT molecular complexity index is 674. The molecule has 5 heteroatoms. The molecular formula is C14H12FNO3. The first-order valence-corrected chi connectivity index (χ1v) is 5.66. The highest BCUT2D eigenvalue weighted by atomic mass is 19.1. The molecule has 2 aromatic rings. The number of rotatable bonds is 3. The number of carboxylic acids is 1. The molecule has 0 amide bonds. The quantitative estimate of drug-likeness (QED) is 0.919. The molecule has 2 rings (SSSR count). The van der Waals surface area contributed by atoms with E-state index in [-0.39, 0.29) is 11.4 Å². The Kier molecular flexibility index (Phi) is 3.46. The minimum atomic E-state index is -1.25. The standard InChI is InChI=1S/C14H12FNO3/c1-9-6-16(8-12(13(9)17)14(18)19)7-10-2-4-11(15)5-3-10/h2-6,8H,7H2,1H3,(H,18,19). The number of carbonyl (C=O) groups is 1. The highest BCUT2D eigenvalue weighted by Gasteiger charge is 2.11. The molecule has 0 aliphatic heterocycles. The van der Waals surface area contributed by atoms with Crippen LogP contribution in [-0.4, -0.2) is 15.6 Å². The third-order valence-corrected chi connectivity index (χ3v) is 2.77. The number of halogens is 1. The molecule has 0 radical (unpaired) electrons. The molecule has 0 aliphatic carbocycles. The molecule has 0 spiro atoms. The summed E-state index contributed by atoms with van der Waals surface area (Å²) in [5.41, 5.74) is 0.438. The van der Waals surface area contributed by atoms with Gasteiger partial charge in [-0.2, -0.15) is 0 Å². The van der Waals surface area contributed by atoms with Crippen molar-refractivity contribution in [3.8, 4) is 0 Å². The van der Waals surface area contributed by atoms with E-state index in [0.29, 0.717) is 12.1 Å². The van der Waals surface area contributed by atoms with Gasteiger partial charge in [-0.3, -0.25) is 4.79 Å². The van der Waals surface area contributed by atoms with Crippen molar-refractivity contribution in [2.24, 2.45) is 0 Å². The average molecular weight is 261 g/mol. The summed E-state index contributed by atoms with van der Waals surface area (Å²) in [6, 6.07) is 5.90. The van der Waals surface area contributed by atoms with Crippen molar-refractivity contribution in [2.45, 2.75) is 13.5 Å². The number of carboxylic acid groups (broad SMARTS) is 1. The summed E-state index contributed by atoms with van der Waals surface area (Å²) < 4.78 is 14.4. The highest BCUT2D eigenvalue weighted by molar-refractivity contribution is 5.87. The van der Waals surface area contributed by atoms with Crippen molar-refractivity contribution >= 4 is 5.97 Å². The molecular weight excluding hydrogens is 249 g/mol. The number of aromatic nitrogens is 1. The summed E-state index contributed by atoms with van der Waals surface area (Å²) >= 11 is 0. The van der Waals surface area contributed by atoms with Gasteiger partial charge in [-0.25, -0.2) is 9.18 Å². The lowest BCUT2D eigenvalue weighted by atomic mass is 10.2. The second-order valence-electron chi connectivity index (χ2n) is 4.29. The molecule has 0 atom stereocenters. The van der Waals surface area contributed by atoms with Gasteiger partial charge >= 0.3 is 5.97 Å². The summed E-state index contributed by atoms with van der Waals surface area (Å²) in [6.07, 6.45) is 2.87. The zero-order valence-electron chi connectivity index (χ0n) is 10.3. The maximum Gasteiger partial charge on any atom is 0.341 e. The van der Waals surface area contributed by atoms with Crippen LogP contribution in [0.1, 0.15) is 21.5 Å². The molecule has 0 fully saturated rings. The van der Waals surface area contributed by atoms with Gasteiger partial charge < -0.3 is 9.67 Å². The molecule has 0 saturated heterocycles. The van der Waals surface area contributed by atoms with Crippen LogP contribution in [-0.2, 0) is 6.54 Å². The SMILES string of the molecule is Cc1cn(Cc2ccc(F)cc2)cc(C(=O)O)c1=O. The van der Waals surface area contributed by atoms with Gasteiger partial charge in [-0.1, -0.05) is 12.1 Å². The minimum Gasteiger partial charge on any atom is -0.477 e.